The van der Waals surface area contributed by atoms with Crippen molar-refractivity contribution in [2.24, 2.45) is 5.92 Å². The van der Waals surface area contributed by atoms with Gasteiger partial charge in [-0.1, -0.05) is 23.7 Å². The fourth-order valence-corrected chi connectivity index (χ4v) is 4.14. The topological polar surface area (TPSA) is 24.7 Å². The van der Waals surface area contributed by atoms with Gasteiger partial charge in [0, 0.05) is 10.8 Å². The first kappa shape index (κ1) is 14.2. The Morgan fingerprint density at radius 3 is 2.94 bits per heavy atom. The van der Waals surface area contributed by atoms with Gasteiger partial charge in [0.05, 0.1) is 32.2 Å². The largest absolute Gasteiger partial charge is 0.385 e. The van der Waals surface area contributed by atoms with Gasteiger partial charge in [-0.15, -0.1) is 0 Å². The molecule has 0 saturated carbocycles. The molecule has 0 radical (unpaired) electrons. The zero-order valence-electron chi connectivity index (χ0n) is 10.9. The number of rotatable bonds is 3. The number of halogens is 1. The van der Waals surface area contributed by atoms with Crippen molar-refractivity contribution in [1.82, 2.24) is 0 Å². The molecular weight excluding hydrogens is 266 g/mol. The van der Waals surface area contributed by atoms with Crippen LogP contribution in [0.25, 0.3) is 0 Å². The summed E-state index contributed by atoms with van der Waals surface area (Å²) in [6.07, 6.45) is 0.815. The smallest absolute Gasteiger partial charge is 0.0994 e. The van der Waals surface area contributed by atoms with Gasteiger partial charge >= 0.3 is 0 Å². The van der Waals surface area contributed by atoms with Gasteiger partial charge in [-0.2, -0.15) is 11.8 Å². The van der Waals surface area contributed by atoms with Gasteiger partial charge in [0.15, 0.2) is 0 Å². The van der Waals surface area contributed by atoms with Gasteiger partial charge in [0.25, 0.3) is 0 Å². The summed E-state index contributed by atoms with van der Waals surface area (Å²) >= 11 is 8.00. The lowest BCUT2D eigenvalue weighted by Gasteiger charge is -2.40. The van der Waals surface area contributed by atoms with Crippen LogP contribution in [0.15, 0.2) is 24.3 Å². The summed E-state index contributed by atoms with van der Waals surface area (Å²) in [4.78, 5) is 1.38. The quantitative estimate of drug-likeness (QED) is 0.879. The lowest BCUT2D eigenvalue weighted by molar-refractivity contribution is -0.863. The van der Waals surface area contributed by atoms with Gasteiger partial charge < -0.3 is 10.0 Å². The maximum Gasteiger partial charge on any atom is 0.0994 e. The summed E-state index contributed by atoms with van der Waals surface area (Å²) in [6, 6.07) is 7.70. The molecule has 1 heterocycles. The van der Waals surface area contributed by atoms with Crippen molar-refractivity contribution in [3.8, 4) is 0 Å². The number of nitrogens with one attached hydrogen (secondary N) is 1. The minimum Gasteiger partial charge on any atom is -0.385 e. The Balaban J connectivity index is 2.29. The van der Waals surface area contributed by atoms with Gasteiger partial charge in [0.1, 0.15) is 0 Å². The normalized spacial score (nSPS) is 28.6. The average molecular weight is 287 g/mol. The third-order valence-electron chi connectivity index (χ3n) is 3.60. The van der Waals surface area contributed by atoms with Crippen molar-refractivity contribution in [2.75, 3.05) is 32.1 Å². The van der Waals surface area contributed by atoms with Crippen molar-refractivity contribution < 1.29 is 10.0 Å². The van der Waals surface area contributed by atoms with E-state index in [-0.39, 0.29) is 0 Å². The molecule has 2 atom stereocenters. The number of hydrogen-bond donors (Lipinski definition) is 2. The highest BCUT2D eigenvalue weighted by Gasteiger charge is 2.42. The number of hydrogen-bond acceptors (Lipinski definition) is 2. The van der Waals surface area contributed by atoms with E-state index < -0.39 is 5.60 Å². The monoisotopic (exact) mass is 286 g/mol. The molecular formula is C14H21ClNOS+. The standard InChI is InChI=1S/C14H20ClNOS/c1-16(2)9-12-10-18-7-6-14(12,17)11-4-3-5-13(15)8-11/h3-5,8,12,17H,6-7,9-10H2,1-2H3/p+1/t12-,14-/m0/s1. The van der Waals surface area contributed by atoms with Crippen molar-refractivity contribution in [2.45, 2.75) is 12.0 Å². The second-order valence-electron chi connectivity index (χ2n) is 5.37. The highest BCUT2D eigenvalue weighted by Crippen LogP contribution is 2.40. The minimum atomic E-state index is -0.715. The fraction of sp³-hybridized carbons (Fsp3) is 0.571. The number of aliphatic hydroxyl groups is 1. The Kier molecular flexibility index (Phi) is 4.59. The predicted molar refractivity (Wildman–Crippen MR) is 78.5 cm³/mol. The molecule has 1 saturated heterocycles. The van der Waals surface area contributed by atoms with E-state index in [1.165, 1.54) is 4.90 Å². The molecule has 4 heteroatoms. The molecule has 0 unspecified atom stereocenters. The van der Waals surface area contributed by atoms with E-state index in [1.807, 2.05) is 36.0 Å². The first-order valence-corrected chi connectivity index (χ1v) is 7.91. The average Bonchev–Trinajstić information content (AvgIpc) is 2.32. The van der Waals surface area contributed by atoms with Crippen LogP contribution < -0.4 is 4.90 Å². The maximum absolute atomic E-state index is 11.1. The molecule has 1 fully saturated rings. The van der Waals surface area contributed by atoms with Gasteiger partial charge in [-0.3, -0.25) is 0 Å². The summed E-state index contributed by atoms with van der Waals surface area (Å²) < 4.78 is 0. The fourth-order valence-electron chi connectivity index (χ4n) is 2.65. The van der Waals surface area contributed by atoms with Crippen LogP contribution in [-0.2, 0) is 5.60 Å². The molecule has 100 valence electrons. The Labute approximate surface area is 118 Å². The zero-order valence-corrected chi connectivity index (χ0v) is 12.5. The molecule has 1 aliphatic heterocycles. The van der Waals surface area contributed by atoms with Crippen LogP contribution in [-0.4, -0.2) is 37.3 Å². The van der Waals surface area contributed by atoms with Crippen LogP contribution in [0, 0.1) is 5.92 Å². The molecule has 1 aliphatic rings. The van der Waals surface area contributed by atoms with Crippen LogP contribution in [0.1, 0.15) is 12.0 Å². The van der Waals surface area contributed by atoms with Crippen LogP contribution in [0.3, 0.4) is 0 Å². The first-order chi connectivity index (χ1) is 8.52. The zero-order chi connectivity index (χ0) is 13.2. The van der Waals surface area contributed by atoms with Crippen molar-refractivity contribution >= 4 is 23.4 Å². The molecule has 0 bridgehead atoms. The highest BCUT2D eigenvalue weighted by molar-refractivity contribution is 7.99. The van der Waals surface area contributed by atoms with Crippen molar-refractivity contribution in [3.05, 3.63) is 34.9 Å². The third-order valence-corrected chi connectivity index (χ3v) is 4.97. The van der Waals surface area contributed by atoms with Gasteiger partial charge in [-0.05, 0) is 29.9 Å². The predicted octanol–water partition coefficient (Wildman–Crippen LogP) is 1.43. The van der Waals surface area contributed by atoms with E-state index in [0.29, 0.717) is 10.9 Å². The van der Waals surface area contributed by atoms with Gasteiger partial charge in [-0.25, -0.2) is 0 Å². The molecule has 2 N–H and O–H groups in total. The first-order valence-electron chi connectivity index (χ1n) is 6.37. The molecule has 1 aromatic rings. The summed E-state index contributed by atoms with van der Waals surface area (Å²) in [5.74, 6) is 2.33. The molecule has 2 nitrogen and oxygen atoms in total. The summed E-state index contributed by atoms with van der Waals surface area (Å²) in [6.45, 7) is 0.982. The lowest BCUT2D eigenvalue weighted by atomic mass is 9.79. The van der Waals surface area contributed by atoms with Crippen molar-refractivity contribution in [3.63, 3.8) is 0 Å². The molecule has 0 aliphatic carbocycles. The van der Waals surface area contributed by atoms with Crippen LogP contribution >= 0.6 is 23.4 Å². The Bertz CT molecular complexity index is 413. The number of quaternary nitrogens is 1. The van der Waals surface area contributed by atoms with Crippen LogP contribution in [0.4, 0.5) is 0 Å². The van der Waals surface area contributed by atoms with E-state index in [9.17, 15) is 5.11 Å². The van der Waals surface area contributed by atoms with E-state index in [2.05, 4.69) is 14.1 Å². The second kappa shape index (κ2) is 5.83. The van der Waals surface area contributed by atoms with E-state index in [0.717, 1.165) is 30.0 Å². The molecule has 0 aromatic heterocycles. The molecule has 18 heavy (non-hydrogen) atoms. The molecule has 0 amide bonds. The molecule has 2 rings (SSSR count). The highest BCUT2D eigenvalue weighted by atomic mass is 35.5. The van der Waals surface area contributed by atoms with E-state index in [1.54, 1.807) is 0 Å². The summed E-state index contributed by atoms with van der Waals surface area (Å²) in [5, 5.41) is 11.8. The Morgan fingerprint density at radius 2 is 2.28 bits per heavy atom. The van der Waals surface area contributed by atoms with E-state index >= 15 is 0 Å². The molecule has 1 aromatic carbocycles. The van der Waals surface area contributed by atoms with Crippen molar-refractivity contribution in [1.29, 1.82) is 0 Å². The maximum atomic E-state index is 11.1. The molecule has 0 spiro atoms. The second-order valence-corrected chi connectivity index (χ2v) is 6.95. The Hall–Kier alpha value is -0.220. The summed E-state index contributed by atoms with van der Waals surface area (Å²) in [7, 11) is 4.27. The number of thioether (sulfide) groups is 1. The van der Waals surface area contributed by atoms with Crippen LogP contribution in [0.5, 0.6) is 0 Å². The van der Waals surface area contributed by atoms with E-state index in [4.69, 9.17) is 11.6 Å². The lowest BCUT2D eigenvalue weighted by Crippen LogP contribution is -3.07. The minimum absolute atomic E-state index is 0.291. The Morgan fingerprint density at radius 1 is 1.50 bits per heavy atom. The third kappa shape index (κ3) is 3.02. The number of benzene rings is 1. The SMILES string of the molecule is C[NH+](C)C[C@H]1CSCC[C@]1(O)c1cccc(Cl)c1. The van der Waals surface area contributed by atoms with Gasteiger partial charge in [0.2, 0.25) is 0 Å². The summed E-state index contributed by atoms with van der Waals surface area (Å²) in [5.41, 5.74) is 0.259. The van der Waals surface area contributed by atoms with Crippen LogP contribution in [0.2, 0.25) is 5.02 Å².